The molecule has 0 unspecified atom stereocenters. The molecule has 2 aromatic carbocycles. The van der Waals surface area contributed by atoms with Crippen molar-refractivity contribution in [2.45, 2.75) is 11.3 Å². The Balaban J connectivity index is 1.50. The summed E-state index contributed by atoms with van der Waals surface area (Å²) in [5.74, 6) is 0.281. The quantitative estimate of drug-likeness (QED) is 0.631. The second-order valence-electron chi connectivity index (χ2n) is 6.53. The van der Waals surface area contributed by atoms with Crippen LogP contribution in [0, 0.1) is 5.82 Å². The number of hydrogen-bond acceptors (Lipinski definition) is 5. The van der Waals surface area contributed by atoms with Crippen molar-refractivity contribution in [1.29, 1.82) is 0 Å². The number of halogens is 1. The Bertz CT molecular complexity index is 874. The smallest absolute Gasteiger partial charge is 0.199 e. The minimum atomic E-state index is -3.57. The Morgan fingerprint density at radius 1 is 1.04 bits per heavy atom. The molecule has 0 N–H and O–H groups in total. The summed E-state index contributed by atoms with van der Waals surface area (Å²) in [5, 5.41) is 1.12. The van der Waals surface area contributed by atoms with Crippen molar-refractivity contribution < 1.29 is 22.3 Å². The van der Waals surface area contributed by atoms with Crippen LogP contribution in [0.5, 0.6) is 5.75 Å². The predicted octanol–water partition coefficient (Wildman–Crippen LogP) is 3.37. The van der Waals surface area contributed by atoms with Gasteiger partial charge in [0.05, 0.1) is 24.7 Å². The highest BCUT2D eigenvalue weighted by molar-refractivity contribution is 7.94. The van der Waals surface area contributed by atoms with Crippen LogP contribution < -0.4 is 4.74 Å². The molecule has 28 heavy (non-hydrogen) atoms. The van der Waals surface area contributed by atoms with Crippen molar-refractivity contribution >= 4 is 15.9 Å². The van der Waals surface area contributed by atoms with Gasteiger partial charge in [0.15, 0.2) is 9.84 Å². The number of nitrogens with zero attached hydrogens (tertiary/aromatic N) is 1. The van der Waals surface area contributed by atoms with Crippen molar-refractivity contribution in [1.82, 2.24) is 4.90 Å². The zero-order valence-electron chi connectivity index (χ0n) is 15.6. The molecule has 0 aliphatic carbocycles. The summed E-state index contributed by atoms with van der Waals surface area (Å²) in [6.45, 7) is 5.02. The fourth-order valence-electron chi connectivity index (χ4n) is 2.85. The van der Waals surface area contributed by atoms with Gasteiger partial charge in [0.1, 0.15) is 11.6 Å². The SMILES string of the molecule is O=S(=O)(/C=C/c1ccc(F)cc1)c1ccc(OCCCN2CCOCC2)cc1. The number of sulfone groups is 1. The highest BCUT2D eigenvalue weighted by atomic mass is 32.2. The Labute approximate surface area is 165 Å². The van der Waals surface area contributed by atoms with Crippen LogP contribution in [-0.4, -0.2) is 52.8 Å². The molecular weight excluding hydrogens is 381 g/mol. The normalized spacial score (nSPS) is 15.8. The van der Waals surface area contributed by atoms with Crippen molar-refractivity contribution in [3.8, 4) is 5.75 Å². The molecule has 0 amide bonds. The molecule has 1 saturated heterocycles. The van der Waals surface area contributed by atoms with Gasteiger partial charge in [-0.05, 0) is 54.5 Å². The van der Waals surface area contributed by atoms with Crippen LogP contribution in [0.2, 0.25) is 0 Å². The molecular formula is C21H24FNO4S. The molecule has 0 bridgehead atoms. The van der Waals surface area contributed by atoms with E-state index >= 15 is 0 Å². The molecule has 3 rings (SSSR count). The molecule has 1 aliphatic heterocycles. The summed E-state index contributed by atoms with van der Waals surface area (Å²) in [7, 11) is -3.57. The lowest BCUT2D eigenvalue weighted by atomic mass is 10.2. The predicted molar refractivity (Wildman–Crippen MR) is 106 cm³/mol. The fourth-order valence-corrected chi connectivity index (χ4v) is 3.86. The van der Waals surface area contributed by atoms with Crippen LogP contribution in [0.15, 0.2) is 58.8 Å². The van der Waals surface area contributed by atoms with E-state index in [0.717, 1.165) is 44.7 Å². The van der Waals surface area contributed by atoms with E-state index in [2.05, 4.69) is 4.90 Å². The third-order valence-corrected chi connectivity index (χ3v) is 5.88. The van der Waals surface area contributed by atoms with E-state index in [9.17, 15) is 12.8 Å². The molecule has 0 aromatic heterocycles. The van der Waals surface area contributed by atoms with Crippen LogP contribution >= 0.6 is 0 Å². The summed E-state index contributed by atoms with van der Waals surface area (Å²) < 4.78 is 48.7. The first-order valence-electron chi connectivity index (χ1n) is 9.25. The van der Waals surface area contributed by atoms with Gasteiger partial charge in [-0.15, -0.1) is 0 Å². The first-order valence-corrected chi connectivity index (χ1v) is 10.8. The maximum absolute atomic E-state index is 12.9. The van der Waals surface area contributed by atoms with Crippen molar-refractivity contribution in [2.24, 2.45) is 0 Å². The summed E-state index contributed by atoms with van der Waals surface area (Å²) >= 11 is 0. The number of ether oxygens (including phenoxy) is 2. The van der Waals surface area contributed by atoms with Gasteiger partial charge in [-0.2, -0.15) is 0 Å². The maximum atomic E-state index is 12.9. The zero-order chi connectivity index (χ0) is 19.8. The van der Waals surface area contributed by atoms with Crippen LogP contribution in [0.3, 0.4) is 0 Å². The monoisotopic (exact) mass is 405 g/mol. The van der Waals surface area contributed by atoms with Gasteiger partial charge >= 0.3 is 0 Å². The third kappa shape index (κ3) is 6.15. The van der Waals surface area contributed by atoms with Gasteiger partial charge < -0.3 is 9.47 Å². The van der Waals surface area contributed by atoms with Gasteiger partial charge in [-0.1, -0.05) is 12.1 Å². The molecule has 2 aromatic rings. The van der Waals surface area contributed by atoms with Gasteiger partial charge in [0.2, 0.25) is 0 Å². The third-order valence-electron chi connectivity index (χ3n) is 4.45. The van der Waals surface area contributed by atoms with Crippen LogP contribution in [0.1, 0.15) is 12.0 Å². The Kier molecular flexibility index (Phi) is 7.19. The molecule has 5 nitrogen and oxygen atoms in total. The average molecular weight is 405 g/mol. The lowest BCUT2D eigenvalue weighted by Gasteiger charge is -2.26. The minimum absolute atomic E-state index is 0.187. The number of rotatable bonds is 8. The Morgan fingerprint density at radius 2 is 1.71 bits per heavy atom. The summed E-state index contributed by atoms with van der Waals surface area (Å²) in [6, 6.07) is 12.0. The topological polar surface area (TPSA) is 55.8 Å². The van der Waals surface area contributed by atoms with E-state index in [1.165, 1.54) is 42.5 Å². The summed E-state index contributed by atoms with van der Waals surface area (Å²) in [6.07, 6.45) is 2.35. The number of hydrogen-bond donors (Lipinski definition) is 0. The highest BCUT2D eigenvalue weighted by Gasteiger charge is 2.11. The average Bonchev–Trinajstić information content (AvgIpc) is 2.72. The lowest BCUT2D eigenvalue weighted by molar-refractivity contribution is 0.0358. The molecule has 1 heterocycles. The van der Waals surface area contributed by atoms with E-state index < -0.39 is 9.84 Å². The molecule has 0 radical (unpaired) electrons. The minimum Gasteiger partial charge on any atom is -0.494 e. The molecule has 1 fully saturated rings. The first-order chi connectivity index (χ1) is 13.5. The summed E-state index contributed by atoms with van der Waals surface area (Å²) in [4.78, 5) is 2.53. The second kappa shape index (κ2) is 9.82. The van der Waals surface area contributed by atoms with Crippen LogP contribution in [0.4, 0.5) is 4.39 Å². The number of morpholine rings is 1. The molecule has 7 heteroatoms. The largest absolute Gasteiger partial charge is 0.494 e. The molecule has 0 atom stereocenters. The first kappa shape index (κ1) is 20.5. The summed E-state index contributed by atoms with van der Waals surface area (Å²) in [5.41, 5.74) is 0.616. The van der Waals surface area contributed by atoms with E-state index in [-0.39, 0.29) is 10.7 Å². The van der Waals surface area contributed by atoms with Crippen LogP contribution in [0.25, 0.3) is 6.08 Å². The number of benzene rings is 2. The zero-order valence-corrected chi connectivity index (χ0v) is 16.4. The van der Waals surface area contributed by atoms with Crippen molar-refractivity contribution in [2.75, 3.05) is 39.5 Å². The van der Waals surface area contributed by atoms with E-state index in [1.807, 2.05) is 0 Å². The fraction of sp³-hybridized carbons (Fsp3) is 0.333. The Morgan fingerprint density at radius 3 is 2.39 bits per heavy atom. The van der Waals surface area contributed by atoms with E-state index in [1.54, 1.807) is 12.1 Å². The van der Waals surface area contributed by atoms with Gasteiger partial charge in [0, 0.05) is 25.0 Å². The molecule has 0 spiro atoms. The standard InChI is InChI=1S/C21H24FNO4S/c22-19-4-2-18(3-5-19)10-17-28(24,25)21-8-6-20(7-9-21)27-14-1-11-23-12-15-26-16-13-23/h2-10,17H,1,11-16H2/b17-10+. The van der Waals surface area contributed by atoms with E-state index in [0.29, 0.717) is 17.9 Å². The van der Waals surface area contributed by atoms with Crippen molar-refractivity contribution in [3.63, 3.8) is 0 Å². The van der Waals surface area contributed by atoms with Gasteiger partial charge in [-0.3, -0.25) is 4.90 Å². The van der Waals surface area contributed by atoms with Gasteiger partial charge in [-0.25, -0.2) is 12.8 Å². The van der Waals surface area contributed by atoms with E-state index in [4.69, 9.17) is 9.47 Å². The van der Waals surface area contributed by atoms with Crippen molar-refractivity contribution in [3.05, 3.63) is 65.3 Å². The maximum Gasteiger partial charge on any atom is 0.199 e. The second-order valence-corrected chi connectivity index (χ2v) is 8.36. The molecule has 150 valence electrons. The molecule has 1 aliphatic rings. The van der Waals surface area contributed by atoms with Crippen LogP contribution in [-0.2, 0) is 14.6 Å². The lowest BCUT2D eigenvalue weighted by Crippen LogP contribution is -2.37. The molecule has 0 saturated carbocycles. The Hall–Kier alpha value is -2.22. The van der Waals surface area contributed by atoms with Gasteiger partial charge in [0.25, 0.3) is 0 Å². The highest BCUT2D eigenvalue weighted by Crippen LogP contribution is 2.19.